The van der Waals surface area contributed by atoms with Crippen LogP contribution in [0.5, 0.6) is 0 Å². The fraction of sp³-hybridized carbons (Fsp3) is 0.875. The second-order valence-electron chi connectivity index (χ2n) is 7.74. The van der Waals surface area contributed by atoms with E-state index in [1.165, 1.54) is 32.1 Å². The fourth-order valence-corrected chi connectivity index (χ4v) is 6.50. The number of rotatable bonds is 0. The van der Waals surface area contributed by atoms with Gasteiger partial charge in [-0.25, -0.2) is 0 Å². The fourth-order valence-electron chi connectivity index (χ4n) is 6.50. The van der Waals surface area contributed by atoms with Crippen LogP contribution in [0.25, 0.3) is 0 Å². The zero-order valence-corrected chi connectivity index (χ0v) is 11.2. The van der Waals surface area contributed by atoms with Crippen LogP contribution >= 0.6 is 0 Å². The van der Waals surface area contributed by atoms with Crippen LogP contribution in [-0.4, -0.2) is 0 Å². The molecule has 4 rings (SSSR count). The molecule has 4 atom stereocenters. The first-order valence-electron chi connectivity index (χ1n) is 7.17. The zero-order valence-electron chi connectivity index (χ0n) is 11.2. The van der Waals surface area contributed by atoms with Gasteiger partial charge in [-0.15, -0.1) is 0 Å². The minimum Gasteiger partial charge on any atom is -0.0670 e. The number of hydrogen-bond donors (Lipinski definition) is 0. The average Bonchev–Trinajstić information content (AvgIpc) is 2.60. The lowest BCUT2D eigenvalue weighted by molar-refractivity contribution is 0.183. The summed E-state index contributed by atoms with van der Waals surface area (Å²) in [5, 5.41) is 0. The van der Waals surface area contributed by atoms with E-state index in [1.807, 2.05) is 11.1 Å². The molecule has 0 saturated heterocycles. The summed E-state index contributed by atoms with van der Waals surface area (Å²) in [5.74, 6) is 1.95. The maximum Gasteiger partial charge on any atom is -0.00460 e. The molecule has 2 fully saturated rings. The molecule has 2 saturated carbocycles. The van der Waals surface area contributed by atoms with Crippen molar-refractivity contribution < 1.29 is 0 Å². The molecule has 0 aromatic heterocycles. The first-order valence-corrected chi connectivity index (χ1v) is 7.17. The molecule has 0 bridgehead atoms. The van der Waals surface area contributed by atoms with Gasteiger partial charge in [-0.2, -0.15) is 0 Å². The van der Waals surface area contributed by atoms with Gasteiger partial charge in [0.15, 0.2) is 0 Å². The third-order valence-corrected chi connectivity index (χ3v) is 7.40. The van der Waals surface area contributed by atoms with E-state index in [9.17, 15) is 0 Å². The van der Waals surface area contributed by atoms with Crippen LogP contribution in [0.1, 0.15) is 59.8 Å². The SMILES string of the molecule is CC1CCC2=C1CC13C(CCC21C)C3(C)C. The first-order chi connectivity index (χ1) is 7.45. The van der Waals surface area contributed by atoms with E-state index in [2.05, 4.69) is 27.7 Å². The summed E-state index contributed by atoms with van der Waals surface area (Å²) in [6.45, 7) is 10.2. The van der Waals surface area contributed by atoms with Crippen molar-refractivity contribution in [3.8, 4) is 0 Å². The van der Waals surface area contributed by atoms with Crippen LogP contribution in [0.4, 0.5) is 0 Å². The highest BCUT2D eigenvalue weighted by Crippen LogP contribution is 2.89. The average molecular weight is 216 g/mol. The molecular weight excluding hydrogens is 192 g/mol. The van der Waals surface area contributed by atoms with E-state index < -0.39 is 0 Å². The topological polar surface area (TPSA) is 0 Å². The molecule has 4 unspecified atom stereocenters. The lowest BCUT2D eigenvalue weighted by Crippen LogP contribution is -2.28. The van der Waals surface area contributed by atoms with Crippen molar-refractivity contribution in [2.75, 3.05) is 0 Å². The highest BCUT2D eigenvalue weighted by molar-refractivity contribution is 5.47. The third kappa shape index (κ3) is 0.669. The van der Waals surface area contributed by atoms with E-state index >= 15 is 0 Å². The predicted octanol–water partition coefficient (Wildman–Crippen LogP) is 4.56. The summed E-state index contributed by atoms with van der Waals surface area (Å²) >= 11 is 0. The van der Waals surface area contributed by atoms with Crippen molar-refractivity contribution in [2.45, 2.75) is 59.8 Å². The number of allylic oxidation sites excluding steroid dienone is 2. The van der Waals surface area contributed by atoms with E-state index in [0.717, 1.165) is 11.8 Å². The molecule has 0 aliphatic heterocycles. The Kier molecular flexibility index (Phi) is 1.40. The smallest absolute Gasteiger partial charge is 0.00460 e. The van der Waals surface area contributed by atoms with Crippen LogP contribution < -0.4 is 0 Å². The van der Waals surface area contributed by atoms with Crippen molar-refractivity contribution in [1.29, 1.82) is 0 Å². The van der Waals surface area contributed by atoms with Crippen molar-refractivity contribution in [3.63, 3.8) is 0 Å². The van der Waals surface area contributed by atoms with Crippen molar-refractivity contribution >= 4 is 0 Å². The van der Waals surface area contributed by atoms with Crippen molar-refractivity contribution in [1.82, 2.24) is 0 Å². The molecule has 0 nitrogen and oxygen atoms in total. The Labute approximate surface area is 99.5 Å². The van der Waals surface area contributed by atoms with Gasteiger partial charge in [0.25, 0.3) is 0 Å². The maximum absolute atomic E-state index is 2.61. The summed E-state index contributed by atoms with van der Waals surface area (Å²) in [6.07, 6.45) is 7.35. The molecule has 0 radical (unpaired) electrons. The minimum atomic E-state index is 0.612. The van der Waals surface area contributed by atoms with Gasteiger partial charge in [0, 0.05) is 0 Å². The first kappa shape index (κ1) is 9.74. The second kappa shape index (κ2) is 2.31. The van der Waals surface area contributed by atoms with Crippen LogP contribution in [-0.2, 0) is 0 Å². The normalized spacial score (nSPS) is 56.2. The summed E-state index contributed by atoms with van der Waals surface area (Å²) in [5.41, 5.74) is 5.79. The summed E-state index contributed by atoms with van der Waals surface area (Å²) in [7, 11) is 0. The Balaban J connectivity index is 1.87. The van der Waals surface area contributed by atoms with E-state index in [0.29, 0.717) is 16.2 Å². The molecule has 0 N–H and O–H groups in total. The molecule has 0 aromatic rings. The number of hydrogen-bond acceptors (Lipinski definition) is 0. The molecule has 4 aliphatic rings. The van der Waals surface area contributed by atoms with Gasteiger partial charge in [0.05, 0.1) is 0 Å². The zero-order chi connectivity index (χ0) is 11.3. The van der Waals surface area contributed by atoms with Crippen molar-refractivity contribution in [2.24, 2.45) is 28.1 Å². The van der Waals surface area contributed by atoms with Gasteiger partial charge in [-0.3, -0.25) is 0 Å². The lowest BCUT2D eigenvalue weighted by Gasteiger charge is -2.36. The Bertz CT molecular complexity index is 414. The minimum absolute atomic E-state index is 0.612. The highest BCUT2D eigenvalue weighted by atomic mass is 14.9. The molecule has 1 spiro atoms. The Morgan fingerprint density at radius 1 is 1.12 bits per heavy atom. The van der Waals surface area contributed by atoms with E-state index in [4.69, 9.17) is 0 Å². The summed E-state index contributed by atoms with van der Waals surface area (Å²) in [6, 6.07) is 0. The van der Waals surface area contributed by atoms with Gasteiger partial charge in [-0.05, 0) is 60.2 Å². The molecule has 88 valence electrons. The molecule has 16 heavy (non-hydrogen) atoms. The van der Waals surface area contributed by atoms with Gasteiger partial charge in [-0.1, -0.05) is 38.8 Å². The van der Waals surface area contributed by atoms with Gasteiger partial charge in [0.2, 0.25) is 0 Å². The van der Waals surface area contributed by atoms with Crippen LogP contribution in [0, 0.1) is 28.1 Å². The second-order valence-corrected chi connectivity index (χ2v) is 7.74. The highest BCUT2D eigenvalue weighted by Gasteiger charge is 2.82. The maximum atomic E-state index is 2.61. The molecular formula is C16H24. The summed E-state index contributed by atoms with van der Waals surface area (Å²) < 4.78 is 0. The van der Waals surface area contributed by atoms with E-state index in [-0.39, 0.29) is 0 Å². The predicted molar refractivity (Wildman–Crippen MR) is 67.1 cm³/mol. The van der Waals surface area contributed by atoms with Gasteiger partial charge in [0.1, 0.15) is 0 Å². The van der Waals surface area contributed by atoms with Crippen LogP contribution in [0.15, 0.2) is 11.1 Å². The van der Waals surface area contributed by atoms with E-state index in [1.54, 1.807) is 0 Å². The molecule has 4 aliphatic carbocycles. The van der Waals surface area contributed by atoms with Crippen molar-refractivity contribution in [3.05, 3.63) is 11.1 Å². The molecule has 0 heterocycles. The molecule has 0 amide bonds. The third-order valence-electron chi connectivity index (χ3n) is 7.40. The monoisotopic (exact) mass is 216 g/mol. The quantitative estimate of drug-likeness (QED) is 0.521. The largest absolute Gasteiger partial charge is 0.0670 e. The molecule has 0 aromatic carbocycles. The number of fused-ring (bicyclic) bond motifs is 1. The lowest BCUT2D eigenvalue weighted by atomic mass is 9.68. The molecule has 0 heteroatoms. The van der Waals surface area contributed by atoms with Crippen LogP contribution in [0.2, 0.25) is 0 Å². The Morgan fingerprint density at radius 3 is 2.56 bits per heavy atom. The van der Waals surface area contributed by atoms with Crippen LogP contribution in [0.3, 0.4) is 0 Å². The Hall–Kier alpha value is -0.260. The standard InChI is InChI=1S/C16H24/c1-10-5-6-12-11(10)9-16-13(14(16,2)3)7-8-15(12,16)4/h10,13H,5-9H2,1-4H3. The van der Waals surface area contributed by atoms with Gasteiger partial charge >= 0.3 is 0 Å². The Morgan fingerprint density at radius 2 is 1.88 bits per heavy atom. The van der Waals surface area contributed by atoms with Gasteiger partial charge < -0.3 is 0 Å². The summed E-state index contributed by atoms with van der Waals surface area (Å²) in [4.78, 5) is 0.